The zero-order valence-electron chi connectivity index (χ0n) is 16.4. The highest BCUT2D eigenvalue weighted by molar-refractivity contribution is 5.61. The number of methoxy groups -OCH3 is 1. The third-order valence-corrected chi connectivity index (χ3v) is 4.76. The zero-order valence-corrected chi connectivity index (χ0v) is 16.4. The lowest BCUT2D eigenvalue weighted by atomic mass is 9.90. The van der Waals surface area contributed by atoms with Gasteiger partial charge in [-0.05, 0) is 45.0 Å². The van der Waals surface area contributed by atoms with Gasteiger partial charge in [-0.1, -0.05) is 18.8 Å². The summed E-state index contributed by atoms with van der Waals surface area (Å²) in [6.45, 7) is 5.17. The SMILES string of the molecule is CCN(C)CN(C)c1cc(OC)c(C(O)(C#CC2CC2)C(F)(F)F)cc1C. The lowest BCUT2D eigenvalue weighted by Gasteiger charge is -2.31. The highest BCUT2D eigenvalue weighted by Crippen LogP contribution is 2.45. The third-order valence-electron chi connectivity index (χ3n) is 4.76. The number of aryl methyl sites for hydroxylation is 1. The monoisotopic (exact) mass is 384 g/mol. The molecule has 0 bridgehead atoms. The molecule has 0 saturated heterocycles. The van der Waals surface area contributed by atoms with Crippen molar-refractivity contribution < 1.29 is 23.0 Å². The van der Waals surface area contributed by atoms with E-state index in [1.807, 2.05) is 25.9 Å². The van der Waals surface area contributed by atoms with Crippen LogP contribution >= 0.6 is 0 Å². The second-order valence-corrected chi connectivity index (χ2v) is 7.10. The summed E-state index contributed by atoms with van der Waals surface area (Å²) in [6.07, 6.45) is -3.40. The molecular formula is C20H27F3N2O2. The van der Waals surface area contributed by atoms with Crippen molar-refractivity contribution in [2.24, 2.45) is 5.92 Å². The fourth-order valence-electron chi connectivity index (χ4n) is 2.80. The van der Waals surface area contributed by atoms with Crippen LogP contribution in [-0.4, -0.2) is 50.6 Å². The molecule has 0 spiro atoms. The molecule has 1 atom stereocenters. The van der Waals surface area contributed by atoms with E-state index in [-0.39, 0.29) is 17.2 Å². The van der Waals surface area contributed by atoms with E-state index in [2.05, 4.69) is 16.7 Å². The van der Waals surface area contributed by atoms with Gasteiger partial charge in [-0.2, -0.15) is 13.2 Å². The summed E-state index contributed by atoms with van der Waals surface area (Å²) < 4.78 is 46.5. The molecule has 0 amide bonds. The number of halogens is 3. The summed E-state index contributed by atoms with van der Waals surface area (Å²) in [5.41, 5.74) is -2.29. The molecule has 2 rings (SSSR count). The molecule has 1 aliphatic carbocycles. The highest BCUT2D eigenvalue weighted by atomic mass is 19.4. The maximum Gasteiger partial charge on any atom is 0.433 e. The van der Waals surface area contributed by atoms with Crippen LogP contribution in [0.15, 0.2) is 12.1 Å². The van der Waals surface area contributed by atoms with Crippen molar-refractivity contribution in [3.63, 3.8) is 0 Å². The molecule has 0 aromatic heterocycles. The Morgan fingerprint density at radius 1 is 1.26 bits per heavy atom. The van der Waals surface area contributed by atoms with Gasteiger partial charge in [0.25, 0.3) is 5.60 Å². The summed E-state index contributed by atoms with van der Waals surface area (Å²) in [7, 11) is 5.10. The van der Waals surface area contributed by atoms with E-state index in [0.717, 1.165) is 25.1 Å². The van der Waals surface area contributed by atoms with Crippen LogP contribution < -0.4 is 9.64 Å². The minimum Gasteiger partial charge on any atom is -0.496 e. The van der Waals surface area contributed by atoms with E-state index >= 15 is 0 Å². The van der Waals surface area contributed by atoms with Gasteiger partial charge in [0.1, 0.15) is 5.75 Å². The molecular weight excluding hydrogens is 357 g/mol. The Labute approximate surface area is 158 Å². The number of anilines is 1. The molecule has 1 aliphatic rings. The van der Waals surface area contributed by atoms with E-state index in [4.69, 9.17) is 4.74 Å². The molecule has 1 aromatic carbocycles. The topological polar surface area (TPSA) is 35.9 Å². The van der Waals surface area contributed by atoms with Gasteiger partial charge in [0.05, 0.1) is 13.8 Å². The summed E-state index contributed by atoms with van der Waals surface area (Å²) in [6, 6.07) is 2.86. The minimum absolute atomic E-state index is 0.0356. The van der Waals surface area contributed by atoms with E-state index in [1.54, 1.807) is 6.92 Å². The van der Waals surface area contributed by atoms with Crippen molar-refractivity contribution in [1.82, 2.24) is 4.90 Å². The second-order valence-electron chi connectivity index (χ2n) is 7.10. The van der Waals surface area contributed by atoms with E-state index < -0.39 is 11.8 Å². The Morgan fingerprint density at radius 2 is 1.89 bits per heavy atom. The van der Waals surface area contributed by atoms with Crippen molar-refractivity contribution in [2.45, 2.75) is 38.5 Å². The Kier molecular flexibility index (Phi) is 6.33. The molecule has 4 nitrogen and oxygen atoms in total. The molecule has 1 unspecified atom stereocenters. The Morgan fingerprint density at radius 3 is 2.37 bits per heavy atom. The van der Waals surface area contributed by atoms with Gasteiger partial charge in [-0.25, -0.2) is 0 Å². The standard InChI is InChI=1S/C20H27F3N2O2/c1-6-24(3)13-25(4)17-12-18(27-5)16(11-14(17)2)19(26,20(21,22)23)10-9-15-7-8-15/h11-12,15,26H,6-8,13H2,1-5H3. The van der Waals surface area contributed by atoms with Crippen molar-refractivity contribution in [1.29, 1.82) is 0 Å². The normalized spacial score (nSPS) is 16.5. The Balaban J connectivity index is 2.52. The van der Waals surface area contributed by atoms with Gasteiger partial charge in [0, 0.05) is 30.3 Å². The molecule has 0 aliphatic heterocycles. The van der Waals surface area contributed by atoms with Gasteiger partial charge in [0.2, 0.25) is 0 Å². The molecule has 7 heteroatoms. The second kappa shape index (κ2) is 7.99. The van der Waals surface area contributed by atoms with Crippen molar-refractivity contribution in [2.75, 3.05) is 39.3 Å². The van der Waals surface area contributed by atoms with Crippen molar-refractivity contribution in [3.8, 4) is 17.6 Å². The zero-order chi connectivity index (χ0) is 20.4. The van der Waals surface area contributed by atoms with Gasteiger partial charge in [-0.15, -0.1) is 0 Å². The first-order chi connectivity index (χ1) is 12.5. The highest BCUT2D eigenvalue weighted by Gasteiger charge is 2.56. The number of nitrogens with zero attached hydrogens (tertiary/aromatic N) is 2. The number of hydrogen-bond acceptors (Lipinski definition) is 4. The number of ether oxygens (including phenoxy) is 1. The quantitative estimate of drug-likeness (QED) is 0.602. The van der Waals surface area contributed by atoms with Gasteiger partial charge >= 0.3 is 6.18 Å². The predicted molar refractivity (Wildman–Crippen MR) is 99.8 cm³/mol. The smallest absolute Gasteiger partial charge is 0.433 e. The molecule has 27 heavy (non-hydrogen) atoms. The number of benzene rings is 1. The van der Waals surface area contributed by atoms with E-state index in [1.165, 1.54) is 19.2 Å². The minimum atomic E-state index is -4.94. The molecule has 0 heterocycles. The van der Waals surface area contributed by atoms with Gasteiger partial charge < -0.3 is 14.7 Å². The maximum atomic E-state index is 13.8. The fraction of sp³-hybridized carbons (Fsp3) is 0.600. The first-order valence-corrected chi connectivity index (χ1v) is 8.94. The Hall–Kier alpha value is -1.91. The van der Waals surface area contributed by atoms with Crippen LogP contribution in [0.2, 0.25) is 0 Å². The largest absolute Gasteiger partial charge is 0.496 e. The van der Waals surface area contributed by atoms with Crippen LogP contribution in [0.1, 0.15) is 30.9 Å². The molecule has 150 valence electrons. The third kappa shape index (κ3) is 4.69. The van der Waals surface area contributed by atoms with Crippen LogP contribution in [0.5, 0.6) is 5.75 Å². The Bertz CT molecular complexity index is 735. The van der Waals surface area contributed by atoms with Crippen molar-refractivity contribution in [3.05, 3.63) is 23.3 Å². The average molecular weight is 384 g/mol. The molecule has 1 saturated carbocycles. The summed E-state index contributed by atoms with van der Waals surface area (Å²) in [5.74, 6) is 4.53. The van der Waals surface area contributed by atoms with Crippen LogP contribution in [0, 0.1) is 24.7 Å². The lowest BCUT2D eigenvalue weighted by molar-refractivity contribution is -0.241. The molecule has 1 aromatic rings. The average Bonchev–Trinajstić information content (AvgIpc) is 3.42. The maximum absolute atomic E-state index is 13.8. The summed E-state index contributed by atoms with van der Waals surface area (Å²) >= 11 is 0. The molecule has 1 N–H and O–H groups in total. The first-order valence-electron chi connectivity index (χ1n) is 8.94. The fourth-order valence-corrected chi connectivity index (χ4v) is 2.80. The number of rotatable bonds is 6. The summed E-state index contributed by atoms with van der Waals surface area (Å²) in [4.78, 5) is 3.99. The van der Waals surface area contributed by atoms with Crippen LogP contribution in [-0.2, 0) is 5.60 Å². The summed E-state index contributed by atoms with van der Waals surface area (Å²) in [5, 5.41) is 10.5. The number of hydrogen-bond donors (Lipinski definition) is 1. The van der Waals surface area contributed by atoms with Crippen LogP contribution in [0.3, 0.4) is 0 Å². The molecule has 0 radical (unpaired) electrons. The van der Waals surface area contributed by atoms with Crippen molar-refractivity contribution >= 4 is 5.69 Å². The van der Waals surface area contributed by atoms with E-state index in [9.17, 15) is 18.3 Å². The number of aliphatic hydroxyl groups is 1. The lowest BCUT2D eigenvalue weighted by Crippen LogP contribution is -2.41. The molecule has 1 fully saturated rings. The predicted octanol–water partition coefficient (Wildman–Crippen LogP) is 3.51. The first kappa shape index (κ1) is 21.4. The number of alkyl halides is 3. The van der Waals surface area contributed by atoms with E-state index in [0.29, 0.717) is 12.2 Å². The van der Waals surface area contributed by atoms with Crippen LogP contribution in [0.4, 0.5) is 18.9 Å². The van der Waals surface area contributed by atoms with Gasteiger partial charge in [0.15, 0.2) is 0 Å². The van der Waals surface area contributed by atoms with Crippen LogP contribution in [0.25, 0.3) is 0 Å². The van der Waals surface area contributed by atoms with Gasteiger partial charge in [-0.3, -0.25) is 4.90 Å².